The Bertz CT molecular complexity index is 1280. The number of nitrogens with zero attached hydrogens (tertiary/aromatic N) is 4. The first kappa shape index (κ1) is 25.6. The maximum Gasteiger partial charge on any atom is 0.278 e. The molecule has 176 valence electrons. The Morgan fingerprint density at radius 3 is 2.62 bits per heavy atom. The third kappa shape index (κ3) is 5.73. The zero-order chi connectivity index (χ0) is 24.8. The number of halogens is 2. The lowest BCUT2D eigenvalue weighted by Gasteiger charge is -2.13. The van der Waals surface area contributed by atoms with Crippen LogP contribution in [0.5, 0.6) is 5.88 Å². The van der Waals surface area contributed by atoms with Crippen LogP contribution in [0.3, 0.4) is 0 Å². The minimum absolute atomic E-state index is 0.0763. The summed E-state index contributed by atoms with van der Waals surface area (Å²) in [6.45, 7) is 5.63. The van der Waals surface area contributed by atoms with Crippen molar-refractivity contribution in [2.75, 3.05) is 13.7 Å². The fourth-order valence-corrected chi connectivity index (χ4v) is 4.13. The Hall–Kier alpha value is -3.00. The molecule has 0 fully saturated rings. The summed E-state index contributed by atoms with van der Waals surface area (Å²) in [5.41, 5.74) is 7.87. The SMILES string of the molecule is COCc1c(Br)c(C)nc(OCC(=O)N/N=C\c2cc(C)n(-c3ccc(Br)cc3)c2C)c1C#N. The van der Waals surface area contributed by atoms with Crippen LogP contribution >= 0.6 is 31.9 Å². The second kappa shape index (κ2) is 11.4. The first-order chi connectivity index (χ1) is 16.3. The summed E-state index contributed by atoms with van der Waals surface area (Å²) in [6, 6.07) is 12.1. The number of amides is 1. The smallest absolute Gasteiger partial charge is 0.278 e. The van der Waals surface area contributed by atoms with Gasteiger partial charge in [-0.05, 0) is 67.0 Å². The second-order valence-electron chi connectivity index (χ2n) is 7.43. The van der Waals surface area contributed by atoms with E-state index in [1.54, 1.807) is 13.1 Å². The number of hydrogen-bond donors (Lipinski definition) is 1. The molecule has 0 saturated heterocycles. The average molecular weight is 589 g/mol. The second-order valence-corrected chi connectivity index (χ2v) is 9.14. The van der Waals surface area contributed by atoms with Crippen LogP contribution in [0.1, 0.15) is 33.8 Å². The van der Waals surface area contributed by atoms with Gasteiger partial charge in [0.15, 0.2) is 6.61 Å². The van der Waals surface area contributed by atoms with Gasteiger partial charge in [-0.15, -0.1) is 0 Å². The lowest BCUT2D eigenvalue weighted by atomic mass is 10.1. The van der Waals surface area contributed by atoms with E-state index in [2.05, 4.69) is 58.0 Å². The van der Waals surface area contributed by atoms with Gasteiger partial charge in [-0.3, -0.25) is 4.79 Å². The highest BCUT2D eigenvalue weighted by atomic mass is 79.9. The van der Waals surface area contributed by atoms with Crippen LogP contribution < -0.4 is 10.2 Å². The fourth-order valence-electron chi connectivity index (χ4n) is 3.46. The molecule has 0 spiro atoms. The number of pyridine rings is 1. The monoisotopic (exact) mass is 587 g/mol. The standard InChI is InChI=1S/C24H23Br2N5O3/c1-14-9-17(16(3)31(14)19-7-5-18(25)6-8-19)11-28-30-22(32)13-34-24-20(10-27)21(12-33-4)23(26)15(2)29-24/h5-9,11H,12-13H2,1-4H3,(H,30,32)/b28-11-. The average Bonchev–Trinajstić information content (AvgIpc) is 3.09. The molecule has 3 rings (SSSR count). The molecule has 0 saturated carbocycles. The van der Waals surface area contributed by atoms with Crippen LogP contribution in [0.2, 0.25) is 0 Å². The lowest BCUT2D eigenvalue weighted by molar-refractivity contribution is -0.123. The highest BCUT2D eigenvalue weighted by molar-refractivity contribution is 9.10. The van der Waals surface area contributed by atoms with Gasteiger partial charge in [-0.2, -0.15) is 10.4 Å². The Balaban J connectivity index is 1.68. The lowest BCUT2D eigenvalue weighted by Crippen LogP contribution is -2.25. The van der Waals surface area contributed by atoms with Crippen molar-refractivity contribution < 1.29 is 14.3 Å². The van der Waals surface area contributed by atoms with Crippen molar-refractivity contribution >= 4 is 44.0 Å². The Labute approximate surface area is 214 Å². The molecule has 0 aliphatic heterocycles. The summed E-state index contributed by atoms with van der Waals surface area (Å²) in [7, 11) is 1.53. The third-order valence-corrected chi connectivity index (χ3v) is 6.64. The zero-order valence-electron chi connectivity index (χ0n) is 19.1. The Morgan fingerprint density at radius 2 is 1.97 bits per heavy atom. The maximum absolute atomic E-state index is 12.3. The molecule has 3 aromatic rings. The number of nitriles is 1. The summed E-state index contributed by atoms with van der Waals surface area (Å²) < 4.78 is 14.5. The third-order valence-electron chi connectivity index (χ3n) is 5.06. The van der Waals surface area contributed by atoms with Gasteiger partial charge < -0.3 is 14.0 Å². The first-order valence-corrected chi connectivity index (χ1v) is 11.8. The van der Waals surface area contributed by atoms with E-state index >= 15 is 0 Å². The van der Waals surface area contributed by atoms with Crippen molar-refractivity contribution in [3.8, 4) is 17.6 Å². The van der Waals surface area contributed by atoms with Gasteiger partial charge in [0.1, 0.15) is 11.6 Å². The van der Waals surface area contributed by atoms with Gasteiger partial charge in [-0.25, -0.2) is 10.4 Å². The largest absolute Gasteiger partial charge is 0.467 e. The van der Waals surface area contributed by atoms with Crippen LogP contribution in [-0.2, 0) is 16.1 Å². The van der Waals surface area contributed by atoms with Crippen molar-refractivity contribution in [2.45, 2.75) is 27.4 Å². The number of carbonyl (C=O) groups is 1. The number of aryl methyl sites for hydroxylation is 2. The number of methoxy groups -OCH3 is 1. The van der Waals surface area contributed by atoms with Crippen molar-refractivity contribution in [1.29, 1.82) is 5.26 Å². The van der Waals surface area contributed by atoms with E-state index in [1.807, 2.05) is 44.2 Å². The summed E-state index contributed by atoms with van der Waals surface area (Å²) in [4.78, 5) is 16.5. The van der Waals surface area contributed by atoms with Gasteiger partial charge in [0.05, 0.1) is 18.5 Å². The quantitative estimate of drug-likeness (QED) is 0.299. The van der Waals surface area contributed by atoms with Crippen molar-refractivity contribution in [3.05, 3.63) is 73.0 Å². The predicted molar refractivity (Wildman–Crippen MR) is 136 cm³/mol. The molecule has 0 aliphatic carbocycles. The van der Waals surface area contributed by atoms with Gasteiger partial charge >= 0.3 is 0 Å². The highest BCUT2D eigenvalue weighted by Gasteiger charge is 2.18. The van der Waals surface area contributed by atoms with Gasteiger partial charge in [0, 0.05) is 44.3 Å². The number of carbonyl (C=O) groups excluding carboxylic acids is 1. The summed E-state index contributed by atoms with van der Waals surface area (Å²) in [5.74, 6) is -0.398. The fraction of sp³-hybridized carbons (Fsp3) is 0.250. The summed E-state index contributed by atoms with van der Waals surface area (Å²) >= 11 is 6.87. The minimum atomic E-state index is -0.475. The van der Waals surface area contributed by atoms with E-state index in [0.717, 1.165) is 27.1 Å². The Kier molecular flexibility index (Phi) is 8.61. The number of ether oxygens (including phenoxy) is 2. The van der Waals surface area contributed by atoms with Gasteiger partial charge in [-0.1, -0.05) is 15.9 Å². The minimum Gasteiger partial charge on any atom is -0.467 e. The molecule has 0 aliphatic rings. The molecule has 0 atom stereocenters. The normalized spacial score (nSPS) is 11.0. The molecule has 8 nitrogen and oxygen atoms in total. The molecule has 2 heterocycles. The van der Waals surface area contributed by atoms with E-state index in [1.165, 1.54) is 7.11 Å². The van der Waals surface area contributed by atoms with Crippen LogP contribution in [0.4, 0.5) is 0 Å². The number of aromatic nitrogens is 2. The maximum atomic E-state index is 12.3. The van der Waals surface area contributed by atoms with Gasteiger partial charge in [0.25, 0.3) is 5.91 Å². The van der Waals surface area contributed by atoms with Crippen LogP contribution in [-0.4, -0.2) is 35.4 Å². The number of nitrogens with one attached hydrogen (secondary N) is 1. The number of hydrogen-bond acceptors (Lipinski definition) is 6. The zero-order valence-corrected chi connectivity index (χ0v) is 22.3. The van der Waals surface area contributed by atoms with Crippen molar-refractivity contribution in [2.24, 2.45) is 5.10 Å². The predicted octanol–water partition coefficient (Wildman–Crippen LogP) is 4.87. The van der Waals surface area contributed by atoms with E-state index in [0.29, 0.717) is 15.7 Å². The molecule has 1 aromatic carbocycles. The van der Waals surface area contributed by atoms with E-state index in [9.17, 15) is 10.1 Å². The molecule has 2 aromatic heterocycles. The van der Waals surface area contributed by atoms with Crippen molar-refractivity contribution in [3.63, 3.8) is 0 Å². The molecule has 0 radical (unpaired) electrons. The van der Waals surface area contributed by atoms with E-state index in [-0.39, 0.29) is 24.7 Å². The highest BCUT2D eigenvalue weighted by Crippen LogP contribution is 2.30. The molecular formula is C24H23Br2N5O3. The number of hydrazone groups is 1. The molecule has 0 unspecified atom stereocenters. The van der Waals surface area contributed by atoms with Crippen LogP contribution in [0.25, 0.3) is 5.69 Å². The first-order valence-electron chi connectivity index (χ1n) is 10.2. The molecule has 1 N–H and O–H groups in total. The van der Waals surface area contributed by atoms with Crippen molar-refractivity contribution in [1.82, 2.24) is 15.0 Å². The van der Waals surface area contributed by atoms with E-state index < -0.39 is 5.91 Å². The topological polar surface area (TPSA) is 102 Å². The number of benzene rings is 1. The summed E-state index contributed by atoms with van der Waals surface area (Å²) in [5, 5.41) is 13.6. The molecule has 10 heteroatoms. The van der Waals surface area contributed by atoms with Crippen LogP contribution in [0.15, 0.2) is 44.4 Å². The molecule has 0 bridgehead atoms. The molecule has 1 amide bonds. The molecular weight excluding hydrogens is 566 g/mol. The molecule has 34 heavy (non-hydrogen) atoms. The van der Waals surface area contributed by atoms with Crippen LogP contribution in [0, 0.1) is 32.1 Å². The summed E-state index contributed by atoms with van der Waals surface area (Å²) in [6.07, 6.45) is 1.59. The van der Waals surface area contributed by atoms with Gasteiger partial charge in [0.2, 0.25) is 5.88 Å². The number of rotatable bonds is 8. The van der Waals surface area contributed by atoms with E-state index in [4.69, 9.17) is 9.47 Å². The Morgan fingerprint density at radius 1 is 1.26 bits per heavy atom.